The Morgan fingerprint density at radius 1 is 1.21 bits per heavy atom. The first kappa shape index (κ1) is 21.6. The molecule has 1 aromatic rings. The van der Waals surface area contributed by atoms with Crippen molar-refractivity contribution in [1.82, 2.24) is 15.1 Å². The number of piperidine rings is 1. The Morgan fingerprint density at radius 2 is 1.97 bits per heavy atom. The van der Waals surface area contributed by atoms with Crippen molar-refractivity contribution in [2.75, 3.05) is 59.6 Å². The fourth-order valence-electron chi connectivity index (χ4n) is 3.88. The van der Waals surface area contributed by atoms with Gasteiger partial charge in [-0.1, -0.05) is 12.1 Å². The molecule has 0 radical (unpaired) electrons. The average Bonchev–Trinajstić information content (AvgIpc) is 2.77. The Labute approximate surface area is 173 Å². The number of methoxy groups -OCH3 is 1. The quantitative estimate of drug-likeness (QED) is 0.630. The molecule has 0 unspecified atom stereocenters. The molecule has 7 heteroatoms. The summed E-state index contributed by atoms with van der Waals surface area (Å²) in [6.45, 7) is 6.39. The van der Waals surface area contributed by atoms with Gasteiger partial charge < -0.3 is 19.7 Å². The second kappa shape index (κ2) is 11.2. The van der Waals surface area contributed by atoms with Crippen LogP contribution in [-0.2, 0) is 20.7 Å². The van der Waals surface area contributed by atoms with Crippen LogP contribution in [-0.4, -0.2) is 81.2 Å². The first-order chi connectivity index (χ1) is 14.2. The Hall–Kier alpha value is -2.12. The maximum absolute atomic E-state index is 12.5. The van der Waals surface area contributed by atoms with Crippen molar-refractivity contribution in [3.05, 3.63) is 29.8 Å². The summed E-state index contributed by atoms with van der Waals surface area (Å²) in [5, 5.41) is 3.07. The Balaban J connectivity index is 1.38. The zero-order chi connectivity index (χ0) is 20.5. The van der Waals surface area contributed by atoms with Gasteiger partial charge in [0.1, 0.15) is 5.75 Å². The van der Waals surface area contributed by atoms with Gasteiger partial charge in [-0.05, 0) is 43.5 Å². The summed E-state index contributed by atoms with van der Waals surface area (Å²) < 4.78 is 10.5. The van der Waals surface area contributed by atoms with Crippen molar-refractivity contribution in [3.63, 3.8) is 0 Å². The molecule has 2 fully saturated rings. The van der Waals surface area contributed by atoms with Gasteiger partial charge in [-0.2, -0.15) is 0 Å². The lowest BCUT2D eigenvalue weighted by molar-refractivity contribution is -0.138. The fraction of sp³-hybridized carbons (Fsp3) is 0.636. The molecule has 29 heavy (non-hydrogen) atoms. The summed E-state index contributed by atoms with van der Waals surface area (Å²) in [4.78, 5) is 29.0. The molecule has 0 aliphatic carbocycles. The van der Waals surface area contributed by atoms with Crippen LogP contribution in [0, 0.1) is 5.92 Å². The van der Waals surface area contributed by atoms with E-state index >= 15 is 0 Å². The maximum Gasteiger partial charge on any atom is 0.224 e. The largest absolute Gasteiger partial charge is 0.497 e. The number of amides is 2. The van der Waals surface area contributed by atoms with Crippen LogP contribution < -0.4 is 10.1 Å². The van der Waals surface area contributed by atoms with Crippen molar-refractivity contribution in [1.29, 1.82) is 0 Å². The lowest BCUT2D eigenvalue weighted by Gasteiger charge is -2.32. The summed E-state index contributed by atoms with van der Waals surface area (Å²) in [5.74, 6) is 0.948. The SMILES string of the molecule is COc1ccc(CCN2C[C@H](C(=O)NCCCN3CCOCC3)CCC2=O)cc1. The van der Waals surface area contributed by atoms with Crippen LogP contribution in [0.3, 0.4) is 0 Å². The first-order valence-corrected chi connectivity index (χ1v) is 10.6. The molecular formula is C22H33N3O4. The molecule has 1 atom stereocenters. The lowest BCUT2D eigenvalue weighted by Crippen LogP contribution is -2.46. The normalized spacial score (nSPS) is 20.5. The van der Waals surface area contributed by atoms with Gasteiger partial charge >= 0.3 is 0 Å². The molecule has 2 saturated heterocycles. The molecule has 2 aliphatic heterocycles. The molecule has 0 spiro atoms. The number of carbonyl (C=O) groups is 2. The molecule has 1 aromatic carbocycles. The monoisotopic (exact) mass is 403 g/mol. The summed E-state index contributed by atoms with van der Waals surface area (Å²) >= 11 is 0. The van der Waals surface area contributed by atoms with Gasteiger partial charge in [0.2, 0.25) is 11.8 Å². The third-order valence-electron chi connectivity index (χ3n) is 5.75. The maximum atomic E-state index is 12.5. The van der Waals surface area contributed by atoms with Gasteiger partial charge in [-0.25, -0.2) is 0 Å². The van der Waals surface area contributed by atoms with Gasteiger partial charge in [0.15, 0.2) is 0 Å². The van der Waals surface area contributed by atoms with Gasteiger partial charge in [-0.3, -0.25) is 14.5 Å². The fourth-order valence-corrected chi connectivity index (χ4v) is 3.88. The van der Waals surface area contributed by atoms with E-state index in [-0.39, 0.29) is 17.7 Å². The van der Waals surface area contributed by atoms with Crippen molar-refractivity contribution in [2.24, 2.45) is 5.92 Å². The minimum atomic E-state index is -0.105. The van der Waals surface area contributed by atoms with Crippen LogP contribution in [0.4, 0.5) is 0 Å². The highest BCUT2D eigenvalue weighted by atomic mass is 16.5. The second-order valence-corrected chi connectivity index (χ2v) is 7.77. The van der Waals surface area contributed by atoms with Crippen molar-refractivity contribution < 1.29 is 19.1 Å². The molecule has 2 amide bonds. The second-order valence-electron chi connectivity index (χ2n) is 7.77. The van der Waals surface area contributed by atoms with E-state index in [0.717, 1.165) is 57.0 Å². The Morgan fingerprint density at radius 3 is 2.69 bits per heavy atom. The van der Waals surface area contributed by atoms with Gasteiger partial charge in [0, 0.05) is 39.1 Å². The van der Waals surface area contributed by atoms with Crippen molar-refractivity contribution >= 4 is 11.8 Å². The highest BCUT2D eigenvalue weighted by Gasteiger charge is 2.29. The third-order valence-corrected chi connectivity index (χ3v) is 5.75. The number of nitrogens with one attached hydrogen (secondary N) is 1. The van der Waals surface area contributed by atoms with E-state index in [1.54, 1.807) is 7.11 Å². The first-order valence-electron chi connectivity index (χ1n) is 10.6. The number of likely N-dealkylation sites (tertiary alicyclic amines) is 1. The Bertz CT molecular complexity index is 659. The predicted molar refractivity (Wildman–Crippen MR) is 111 cm³/mol. The van der Waals surface area contributed by atoms with Crippen LogP contribution >= 0.6 is 0 Å². The van der Waals surface area contributed by atoms with Gasteiger partial charge in [0.25, 0.3) is 0 Å². The van der Waals surface area contributed by atoms with Crippen LogP contribution in [0.15, 0.2) is 24.3 Å². The number of ether oxygens (including phenoxy) is 2. The molecule has 2 aliphatic rings. The zero-order valence-electron chi connectivity index (χ0n) is 17.4. The molecule has 3 rings (SSSR count). The van der Waals surface area contributed by atoms with E-state index in [0.29, 0.717) is 32.5 Å². The molecular weight excluding hydrogens is 370 g/mol. The smallest absolute Gasteiger partial charge is 0.224 e. The van der Waals surface area contributed by atoms with Gasteiger partial charge in [-0.15, -0.1) is 0 Å². The Kier molecular flexibility index (Phi) is 8.31. The average molecular weight is 404 g/mol. The molecule has 7 nitrogen and oxygen atoms in total. The number of rotatable bonds is 9. The van der Waals surface area contributed by atoms with E-state index in [1.165, 1.54) is 0 Å². The highest BCUT2D eigenvalue weighted by molar-refractivity contribution is 5.83. The van der Waals surface area contributed by atoms with Crippen LogP contribution in [0.2, 0.25) is 0 Å². The van der Waals surface area contributed by atoms with E-state index in [9.17, 15) is 9.59 Å². The number of hydrogen-bond acceptors (Lipinski definition) is 5. The van der Waals surface area contributed by atoms with E-state index in [1.807, 2.05) is 29.2 Å². The molecule has 2 heterocycles. The lowest BCUT2D eigenvalue weighted by atomic mass is 9.96. The minimum Gasteiger partial charge on any atom is -0.497 e. The zero-order valence-corrected chi connectivity index (χ0v) is 17.4. The molecule has 0 saturated carbocycles. The topological polar surface area (TPSA) is 71.1 Å². The highest BCUT2D eigenvalue weighted by Crippen LogP contribution is 2.19. The molecule has 0 bridgehead atoms. The molecule has 0 aromatic heterocycles. The number of nitrogens with zero attached hydrogens (tertiary/aromatic N) is 2. The standard InChI is InChI=1S/C22H33N3O4/c1-28-20-6-3-18(4-7-20)9-12-25-17-19(5-8-21(25)26)22(27)23-10-2-11-24-13-15-29-16-14-24/h3-4,6-7,19H,2,5,8-17H2,1H3,(H,23,27)/t19-/m1/s1. The van der Waals surface area contributed by atoms with E-state index in [2.05, 4.69) is 10.2 Å². The number of morpholine rings is 1. The predicted octanol–water partition coefficient (Wildman–Crippen LogP) is 1.31. The van der Waals surface area contributed by atoms with Crippen LogP contribution in [0.25, 0.3) is 0 Å². The van der Waals surface area contributed by atoms with E-state index < -0.39 is 0 Å². The minimum absolute atomic E-state index is 0.0777. The van der Waals surface area contributed by atoms with E-state index in [4.69, 9.17) is 9.47 Å². The number of benzene rings is 1. The summed E-state index contributed by atoms with van der Waals surface area (Å²) in [7, 11) is 1.65. The summed E-state index contributed by atoms with van der Waals surface area (Å²) in [5.41, 5.74) is 1.16. The van der Waals surface area contributed by atoms with Crippen LogP contribution in [0.1, 0.15) is 24.8 Å². The van der Waals surface area contributed by atoms with Crippen molar-refractivity contribution in [2.45, 2.75) is 25.7 Å². The number of hydrogen-bond donors (Lipinski definition) is 1. The van der Waals surface area contributed by atoms with Crippen LogP contribution in [0.5, 0.6) is 5.75 Å². The summed E-state index contributed by atoms with van der Waals surface area (Å²) in [6, 6.07) is 7.90. The summed E-state index contributed by atoms with van der Waals surface area (Å²) in [6.07, 6.45) is 2.82. The van der Waals surface area contributed by atoms with Crippen molar-refractivity contribution in [3.8, 4) is 5.75 Å². The number of carbonyl (C=O) groups excluding carboxylic acids is 2. The molecule has 160 valence electrons. The third kappa shape index (κ3) is 6.72. The van der Waals surface area contributed by atoms with Gasteiger partial charge in [0.05, 0.1) is 26.2 Å². The molecule has 1 N–H and O–H groups in total.